The van der Waals surface area contributed by atoms with Gasteiger partial charge in [-0.05, 0) is 50.6 Å². The van der Waals surface area contributed by atoms with Gasteiger partial charge < -0.3 is 15.0 Å². The summed E-state index contributed by atoms with van der Waals surface area (Å²) in [5.41, 5.74) is 4.62. The molecule has 0 saturated heterocycles. The molecule has 4 heteroatoms. The van der Waals surface area contributed by atoms with Gasteiger partial charge in [0.05, 0.1) is 13.7 Å². The van der Waals surface area contributed by atoms with Crippen molar-refractivity contribution in [1.29, 1.82) is 0 Å². The van der Waals surface area contributed by atoms with Gasteiger partial charge in [-0.15, -0.1) is 0 Å². The minimum Gasteiger partial charge on any atom is -0.494 e. The number of likely N-dealkylation sites (N-methyl/N-ethyl adjacent to an activating group) is 1. The zero-order valence-electron chi connectivity index (χ0n) is 15.0. The third kappa shape index (κ3) is 5.39. The van der Waals surface area contributed by atoms with Crippen LogP contribution in [0.2, 0.25) is 0 Å². The third-order valence-corrected chi connectivity index (χ3v) is 3.90. The molecule has 1 amide bonds. The Labute approximate surface area is 144 Å². The number of anilines is 1. The molecule has 1 atom stereocenters. The molecule has 2 aromatic rings. The van der Waals surface area contributed by atoms with Crippen LogP contribution in [0, 0.1) is 13.8 Å². The Morgan fingerprint density at radius 1 is 1.12 bits per heavy atom. The lowest BCUT2D eigenvalue weighted by Gasteiger charge is -2.15. The molecule has 2 N–H and O–H groups in total. The summed E-state index contributed by atoms with van der Waals surface area (Å²) in [4.78, 5) is 13.4. The summed E-state index contributed by atoms with van der Waals surface area (Å²) < 4.78 is 5.40. The average Bonchev–Trinajstić information content (AvgIpc) is 2.52. The lowest BCUT2D eigenvalue weighted by Crippen LogP contribution is -3.08. The zero-order valence-corrected chi connectivity index (χ0v) is 15.0. The minimum absolute atomic E-state index is 0.0152. The molecular formula is C20H27N2O2+. The summed E-state index contributed by atoms with van der Waals surface area (Å²) in [5, 5.41) is 2.94. The van der Waals surface area contributed by atoms with Gasteiger partial charge in [0.25, 0.3) is 5.91 Å². The number of benzene rings is 2. The number of nitrogens with one attached hydrogen (secondary N) is 2. The maximum atomic E-state index is 12.2. The Morgan fingerprint density at radius 2 is 1.83 bits per heavy atom. The van der Waals surface area contributed by atoms with Crippen molar-refractivity contribution in [2.24, 2.45) is 0 Å². The van der Waals surface area contributed by atoms with Crippen LogP contribution in [0.4, 0.5) is 5.69 Å². The Kier molecular flexibility index (Phi) is 6.38. The maximum absolute atomic E-state index is 12.2. The van der Waals surface area contributed by atoms with Crippen LogP contribution >= 0.6 is 0 Å². The fourth-order valence-electron chi connectivity index (χ4n) is 2.71. The molecule has 1 unspecified atom stereocenters. The van der Waals surface area contributed by atoms with Gasteiger partial charge in [0.2, 0.25) is 0 Å². The fraction of sp³-hybridized carbons (Fsp3) is 0.350. The van der Waals surface area contributed by atoms with Gasteiger partial charge in [0, 0.05) is 11.3 Å². The molecule has 0 spiro atoms. The zero-order chi connectivity index (χ0) is 17.5. The van der Waals surface area contributed by atoms with Gasteiger partial charge in [0.1, 0.15) is 12.3 Å². The molecule has 4 nitrogen and oxygen atoms in total. The first-order valence-corrected chi connectivity index (χ1v) is 8.38. The number of ether oxygens (including phenoxy) is 1. The highest BCUT2D eigenvalue weighted by Crippen LogP contribution is 2.15. The van der Waals surface area contributed by atoms with E-state index in [0.29, 0.717) is 13.2 Å². The second-order valence-corrected chi connectivity index (χ2v) is 6.25. The largest absolute Gasteiger partial charge is 0.494 e. The normalized spacial score (nSPS) is 11.8. The molecule has 128 valence electrons. The lowest BCUT2D eigenvalue weighted by atomic mass is 10.1. The Morgan fingerprint density at radius 3 is 2.46 bits per heavy atom. The summed E-state index contributed by atoms with van der Waals surface area (Å²) in [7, 11) is 2.04. The minimum atomic E-state index is 0.0152. The van der Waals surface area contributed by atoms with Gasteiger partial charge in [-0.3, -0.25) is 4.79 Å². The van der Waals surface area contributed by atoms with E-state index in [-0.39, 0.29) is 5.91 Å². The molecule has 24 heavy (non-hydrogen) atoms. The number of amides is 1. The molecule has 0 fully saturated rings. The molecule has 0 radical (unpaired) electrons. The van der Waals surface area contributed by atoms with Crippen molar-refractivity contribution < 1.29 is 14.4 Å². The van der Waals surface area contributed by atoms with Crippen LogP contribution in [0.3, 0.4) is 0 Å². The first kappa shape index (κ1) is 18.0. The van der Waals surface area contributed by atoms with E-state index < -0.39 is 0 Å². The number of hydrogen-bond acceptors (Lipinski definition) is 2. The predicted molar refractivity (Wildman–Crippen MR) is 97.6 cm³/mol. The first-order valence-electron chi connectivity index (χ1n) is 8.38. The molecule has 0 aliphatic heterocycles. The predicted octanol–water partition coefficient (Wildman–Crippen LogP) is 2.36. The standard InChI is InChI=1S/C20H26N2O2/c1-5-24-19-10-8-18(9-11-19)21-20(23)14-22(4)13-17-7-6-15(2)12-16(17)3/h6-12H,5,13-14H2,1-4H3,(H,21,23)/p+1. The molecule has 2 rings (SSSR count). The number of quaternary nitrogens is 1. The monoisotopic (exact) mass is 327 g/mol. The summed E-state index contributed by atoms with van der Waals surface area (Å²) in [6.45, 7) is 8.07. The van der Waals surface area contributed by atoms with Crippen molar-refractivity contribution in [2.75, 3.05) is 25.5 Å². The molecule has 0 saturated carbocycles. The van der Waals surface area contributed by atoms with E-state index in [4.69, 9.17) is 4.74 Å². The van der Waals surface area contributed by atoms with Gasteiger partial charge in [-0.1, -0.05) is 23.8 Å². The Hall–Kier alpha value is -2.33. The van der Waals surface area contributed by atoms with Crippen molar-refractivity contribution in [1.82, 2.24) is 0 Å². The van der Waals surface area contributed by atoms with Crippen LogP contribution in [0.1, 0.15) is 23.6 Å². The maximum Gasteiger partial charge on any atom is 0.279 e. The molecule has 0 aliphatic rings. The van der Waals surface area contributed by atoms with Gasteiger partial charge in [-0.2, -0.15) is 0 Å². The third-order valence-electron chi connectivity index (χ3n) is 3.90. The number of rotatable bonds is 7. The number of aryl methyl sites for hydroxylation is 2. The van der Waals surface area contributed by atoms with Crippen LogP contribution in [-0.4, -0.2) is 26.1 Å². The molecule has 0 aromatic heterocycles. The highest BCUT2D eigenvalue weighted by Gasteiger charge is 2.12. The van der Waals surface area contributed by atoms with Crippen LogP contribution in [0.5, 0.6) is 5.75 Å². The van der Waals surface area contributed by atoms with Gasteiger partial charge in [-0.25, -0.2) is 0 Å². The van der Waals surface area contributed by atoms with Crippen LogP contribution < -0.4 is 15.0 Å². The van der Waals surface area contributed by atoms with E-state index in [9.17, 15) is 4.79 Å². The fourth-order valence-corrected chi connectivity index (χ4v) is 2.71. The number of carbonyl (C=O) groups excluding carboxylic acids is 1. The second kappa shape index (κ2) is 8.50. The smallest absolute Gasteiger partial charge is 0.279 e. The SMILES string of the molecule is CCOc1ccc(NC(=O)C[NH+](C)Cc2ccc(C)cc2C)cc1. The molecule has 0 heterocycles. The van der Waals surface area contributed by atoms with Crippen LogP contribution in [-0.2, 0) is 11.3 Å². The molecule has 0 bridgehead atoms. The highest BCUT2D eigenvalue weighted by atomic mass is 16.5. The summed E-state index contributed by atoms with van der Waals surface area (Å²) >= 11 is 0. The van der Waals surface area contributed by atoms with Crippen molar-refractivity contribution in [3.63, 3.8) is 0 Å². The van der Waals surface area contributed by atoms with Crippen LogP contribution in [0.25, 0.3) is 0 Å². The second-order valence-electron chi connectivity index (χ2n) is 6.25. The van der Waals surface area contributed by atoms with Gasteiger partial charge >= 0.3 is 0 Å². The first-order chi connectivity index (χ1) is 11.5. The topological polar surface area (TPSA) is 42.8 Å². The van der Waals surface area contributed by atoms with Crippen molar-refractivity contribution in [2.45, 2.75) is 27.3 Å². The molecule has 0 aliphatic carbocycles. The number of carbonyl (C=O) groups is 1. The van der Waals surface area contributed by atoms with E-state index >= 15 is 0 Å². The van der Waals surface area contributed by atoms with Crippen molar-refractivity contribution in [3.8, 4) is 5.75 Å². The molecule has 2 aromatic carbocycles. The van der Waals surface area contributed by atoms with E-state index in [1.807, 2.05) is 38.2 Å². The highest BCUT2D eigenvalue weighted by molar-refractivity contribution is 5.91. The van der Waals surface area contributed by atoms with Gasteiger partial charge in [0.15, 0.2) is 6.54 Å². The number of hydrogen-bond donors (Lipinski definition) is 2. The summed E-state index contributed by atoms with van der Waals surface area (Å²) in [5.74, 6) is 0.828. The van der Waals surface area contributed by atoms with Crippen molar-refractivity contribution >= 4 is 11.6 Å². The Bertz CT molecular complexity index is 681. The van der Waals surface area contributed by atoms with E-state index in [1.165, 1.54) is 16.7 Å². The van der Waals surface area contributed by atoms with E-state index in [2.05, 4.69) is 37.4 Å². The summed E-state index contributed by atoms with van der Waals surface area (Å²) in [6, 6.07) is 13.9. The van der Waals surface area contributed by atoms with E-state index in [1.54, 1.807) is 0 Å². The van der Waals surface area contributed by atoms with Crippen LogP contribution in [0.15, 0.2) is 42.5 Å². The average molecular weight is 327 g/mol. The summed E-state index contributed by atoms with van der Waals surface area (Å²) in [6.07, 6.45) is 0. The van der Waals surface area contributed by atoms with E-state index in [0.717, 1.165) is 22.9 Å². The quantitative estimate of drug-likeness (QED) is 0.820. The van der Waals surface area contributed by atoms with Crippen molar-refractivity contribution in [3.05, 3.63) is 59.2 Å². The molecular weight excluding hydrogens is 300 g/mol. The lowest BCUT2D eigenvalue weighted by molar-refractivity contribution is -0.885. The Balaban J connectivity index is 1.86.